The number of Topliss-reactive ketones (excluding diaryl/α,β-unsaturated/α-hetero) is 1. The molecule has 2 rings (SSSR count). The normalized spacial score (nSPS) is 16.2. The third kappa shape index (κ3) is 3.64. The number of carbonyl (C=O) groups is 2. The van der Waals surface area contributed by atoms with Crippen molar-refractivity contribution in [3.8, 4) is 0 Å². The lowest BCUT2D eigenvalue weighted by molar-refractivity contribution is 0.101. The van der Waals surface area contributed by atoms with Gasteiger partial charge >= 0.3 is 6.03 Å². The fourth-order valence-corrected chi connectivity index (χ4v) is 2.88. The number of hydrogen-bond donors (Lipinski definition) is 1. The summed E-state index contributed by atoms with van der Waals surface area (Å²) in [6, 6.07) is 6.59. The molecule has 19 heavy (non-hydrogen) atoms. The summed E-state index contributed by atoms with van der Waals surface area (Å²) in [4.78, 5) is 24.7. The molecule has 102 valence electrons. The molecule has 6 heteroatoms. The Labute approximate surface area is 114 Å². The van der Waals surface area contributed by atoms with Crippen LogP contribution in [0.25, 0.3) is 0 Å². The minimum atomic E-state index is -0.791. The van der Waals surface area contributed by atoms with Crippen molar-refractivity contribution in [3.63, 3.8) is 0 Å². The molecule has 1 saturated heterocycles. The van der Waals surface area contributed by atoms with E-state index in [2.05, 4.69) is 5.32 Å². The Bertz CT molecular complexity index is 503. The maximum Gasteiger partial charge on any atom is 0.321 e. The van der Waals surface area contributed by atoms with E-state index in [0.717, 1.165) is 0 Å². The zero-order chi connectivity index (χ0) is 13.8. The van der Waals surface area contributed by atoms with Gasteiger partial charge < -0.3 is 10.2 Å². The maximum absolute atomic E-state index is 11.9. The molecule has 1 N–H and O–H groups in total. The minimum Gasteiger partial charge on any atom is -0.323 e. The zero-order valence-corrected chi connectivity index (χ0v) is 11.5. The first-order valence-electron chi connectivity index (χ1n) is 6.08. The summed E-state index contributed by atoms with van der Waals surface area (Å²) in [7, 11) is -0.791. The van der Waals surface area contributed by atoms with Crippen LogP contribution >= 0.6 is 0 Å². The standard InChI is InChI=1S/C13H16N2O3S/c1-10(16)11-2-4-12(5-3-11)14-13(17)15-6-8-19(18)9-7-15/h2-5H,6-9H2,1H3,(H,14,17). The van der Waals surface area contributed by atoms with Crippen LogP contribution in [-0.2, 0) is 10.8 Å². The molecule has 0 saturated carbocycles. The van der Waals surface area contributed by atoms with Gasteiger partial charge in [-0.05, 0) is 31.2 Å². The van der Waals surface area contributed by atoms with Crippen LogP contribution in [0, 0.1) is 0 Å². The van der Waals surface area contributed by atoms with Gasteiger partial charge in [-0.2, -0.15) is 0 Å². The lowest BCUT2D eigenvalue weighted by atomic mass is 10.1. The van der Waals surface area contributed by atoms with Gasteiger partial charge in [0.25, 0.3) is 0 Å². The van der Waals surface area contributed by atoms with Crippen molar-refractivity contribution in [2.24, 2.45) is 0 Å². The smallest absolute Gasteiger partial charge is 0.321 e. The maximum atomic E-state index is 11.9. The van der Waals surface area contributed by atoms with Gasteiger partial charge in [-0.3, -0.25) is 9.00 Å². The molecule has 5 nitrogen and oxygen atoms in total. The predicted molar refractivity (Wildman–Crippen MR) is 74.9 cm³/mol. The highest BCUT2D eigenvalue weighted by atomic mass is 32.2. The van der Waals surface area contributed by atoms with Crippen LogP contribution < -0.4 is 5.32 Å². The van der Waals surface area contributed by atoms with Crippen LogP contribution in [0.4, 0.5) is 10.5 Å². The Hall–Kier alpha value is -1.69. The molecule has 1 aromatic rings. The molecule has 0 bridgehead atoms. The number of urea groups is 1. The molecule has 0 aliphatic carbocycles. The number of nitrogens with one attached hydrogen (secondary N) is 1. The quantitative estimate of drug-likeness (QED) is 0.835. The first-order chi connectivity index (χ1) is 9.06. The van der Waals surface area contributed by atoms with E-state index in [4.69, 9.17) is 0 Å². The minimum absolute atomic E-state index is 0.00335. The molecule has 1 aliphatic heterocycles. The highest BCUT2D eigenvalue weighted by Crippen LogP contribution is 2.11. The van der Waals surface area contributed by atoms with E-state index in [0.29, 0.717) is 35.8 Å². The van der Waals surface area contributed by atoms with Crippen LogP contribution in [0.2, 0.25) is 0 Å². The lowest BCUT2D eigenvalue weighted by Gasteiger charge is -2.26. The van der Waals surface area contributed by atoms with Gasteiger partial charge in [-0.25, -0.2) is 4.79 Å². The molecule has 2 amide bonds. The fourth-order valence-electron chi connectivity index (χ4n) is 1.83. The number of anilines is 1. The summed E-state index contributed by atoms with van der Waals surface area (Å²) in [5.74, 6) is 1.07. The summed E-state index contributed by atoms with van der Waals surface area (Å²) in [6.07, 6.45) is 0. The summed E-state index contributed by atoms with van der Waals surface area (Å²) >= 11 is 0. The van der Waals surface area contributed by atoms with Gasteiger partial charge in [0.2, 0.25) is 0 Å². The summed E-state index contributed by atoms with van der Waals surface area (Å²) < 4.78 is 11.2. The van der Waals surface area contributed by atoms with Crippen LogP contribution in [0.15, 0.2) is 24.3 Å². The number of hydrogen-bond acceptors (Lipinski definition) is 3. The van der Waals surface area contributed by atoms with Crippen molar-refractivity contribution in [3.05, 3.63) is 29.8 Å². The third-order valence-electron chi connectivity index (χ3n) is 3.01. The van der Waals surface area contributed by atoms with Crippen molar-refractivity contribution >= 4 is 28.3 Å². The average Bonchev–Trinajstić information content (AvgIpc) is 2.40. The van der Waals surface area contributed by atoms with Gasteiger partial charge in [0, 0.05) is 46.6 Å². The molecule has 0 spiro atoms. The molecular formula is C13H16N2O3S. The van der Waals surface area contributed by atoms with Gasteiger partial charge in [-0.15, -0.1) is 0 Å². The van der Waals surface area contributed by atoms with Crippen molar-refractivity contribution in [1.29, 1.82) is 0 Å². The molecule has 1 fully saturated rings. The van der Waals surface area contributed by atoms with Gasteiger partial charge in [-0.1, -0.05) is 0 Å². The van der Waals surface area contributed by atoms with E-state index in [1.807, 2.05) is 0 Å². The van der Waals surface area contributed by atoms with E-state index in [1.165, 1.54) is 6.92 Å². The van der Waals surface area contributed by atoms with Crippen molar-refractivity contribution < 1.29 is 13.8 Å². The Morgan fingerprint density at radius 2 is 1.74 bits per heavy atom. The number of nitrogens with zero attached hydrogens (tertiary/aromatic N) is 1. The van der Waals surface area contributed by atoms with Crippen molar-refractivity contribution in [2.45, 2.75) is 6.92 Å². The summed E-state index contributed by atoms with van der Waals surface area (Å²) in [5, 5.41) is 2.77. The van der Waals surface area contributed by atoms with E-state index in [-0.39, 0.29) is 11.8 Å². The average molecular weight is 280 g/mol. The molecule has 1 heterocycles. The highest BCUT2D eigenvalue weighted by Gasteiger charge is 2.19. The predicted octanol–water partition coefficient (Wildman–Crippen LogP) is 1.49. The van der Waals surface area contributed by atoms with E-state index in [9.17, 15) is 13.8 Å². The van der Waals surface area contributed by atoms with Crippen LogP contribution in [0.1, 0.15) is 17.3 Å². The number of rotatable bonds is 2. The first kappa shape index (κ1) is 13.7. The van der Waals surface area contributed by atoms with Gasteiger partial charge in [0.1, 0.15) is 0 Å². The number of amides is 2. The van der Waals surface area contributed by atoms with Gasteiger partial charge in [0.05, 0.1) is 0 Å². The molecule has 0 radical (unpaired) electrons. The Balaban J connectivity index is 1.95. The molecule has 1 aliphatic rings. The Morgan fingerprint density at radius 3 is 2.26 bits per heavy atom. The largest absolute Gasteiger partial charge is 0.323 e. The van der Waals surface area contributed by atoms with E-state index < -0.39 is 10.8 Å². The van der Waals surface area contributed by atoms with Crippen LogP contribution in [0.3, 0.4) is 0 Å². The third-order valence-corrected chi connectivity index (χ3v) is 4.28. The zero-order valence-electron chi connectivity index (χ0n) is 10.7. The van der Waals surface area contributed by atoms with Crippen LogP contribution in [-0.4, -0.2) is 45.5 Å². The monoisotopic (exact) mass is 280 g/mol. The number of carbonyl (C=O) groups excluding carboxylic acids is 2. The Kier molecular flexibility index (Phi) is 4.31. The Morgan fingerprint density at radius 1 is 1.16 bits per heavy atom. The van der Waals surface area contributed by atoms with E-state index in [1.54, 1.807) is 29.2 Å². The summed E-state index contributed by atoms with van der Waals surface area (Å²) in [5.41, 5.74) is 1.27. The number of benzene rings is 1. The second-order valence-corrected chi connectivity index (χ2v) is 6.09. The lowest BCUT2D eigenvalue weighted by Crippen LogP contribution is -2.43. The second-order valence-electron chi connectivity index (χ2n) is 4.40. The topological polar surface area (TPSA) is 66.5 Å². The van der Waals surface area contributed by atoms with Gasteiger partial charge in [0.15, 0.2) is 5.78 Å². The SMILES string of the molecule is CC(=O)c1ccc(NC(=O)N2CCS(=O)CC2)cc1. The molecule has 0 aromatic heterocycles. The summed E-state index contributed by atoms with van der Waals surface area (Å²) in [6.45, 7) is 2.54. The number of ketones is 1. The van der Waals surface area contributed by atoms with Crippen LogP contribution in [0.5, 0.6) is 0 Å². The molecule has 0 unspecified atom stereocenters. The fraction of sp³-hybridized carbons (Fsp3) is 0.385. The molecule has 0 atom stereocenters. The first-order valence-corrected chi connectivity index (χ1v) is 7.57. The second kappa shape index (κ2) is 5.97. The molecule has 1 aromatic carbocycles. The van der Waals surface area contributed by atoms with Crippen molar-refractivity contribution in [1.82, 2.24) is 4.90 Å². The highest BCUT2D eigenvalue weighted by molar-refractivity contribution is 7.85. The van der Waals surface area contributed by atoms with Crippen molar-refractivity contribution in [2.75, 3.05) is 29.9 Å². The molecular weight excluding hydrogens is 264 g/mol. The van der Waals surface area contributed by atoms with E-state index >= 15 is 0 Å².